The zero-order valence-electron chi connectivity index (χ0n) is 16.6. The van der Waals surface area contributed by atoms with E-state index in [1.165, 1.54) is 38.5 Å². The number of unbranched alkanes of at least 4 members (excludes halogenated alkanes) is 1. The van der Waals surface area contributed by atoms with Gasteiger partial charge in [-0.05, 0) is 32.1 Å². The fourth-order valence-electron chi connectivity index (χ4n) is 3.93. The van der Waals surface area contributed by atoms with Crippen LogP contribution in [0.3, 0.4) is 0 Å². The number of alkyl halides is 3. The number of rotatable bonds is 8. The summed E-state index contributed by atoms with van der Waals surface area (Å²) in [5.41, 5.74) is -5.23. The van der Waals surface area contributed by atoms with Crippen LogP contribution in [0.2, 0.25) is 0 Å². The van der Waals surface area contributed by atoms with E-state index in [0.29, 0.717) is 36.2 Å². The highest BCUT2D eigenvalue weighted by molar-refractivity contribution is 7.90. The molecule has 1 saturated heterocycles. The van der Waals surface area contributed by atoms with Crippen LogP contribution >= 0.6 is 0 Å². The lowest BCUT2D eigenvalue weighted by molar-refractivity contribution is -0.0494. The maximum atomic E-state index is 12.7. The number of hydrogen-bond acceptors (Lipinski definition) is 3. The fraction of sp³-hybridized carbons (Fsp3) is 0.944. The molecule has 0 aromatic rings. The molecule has 1 heterocycles. The van der Waals surface area contributed by atoms with Crippen LogP contribution in [0, 0.1) is 5.92 Å². The summed E-state index contributed by atoms with van der Waals surface area (Å²) in [5.74, 6) is 1.54. The van der Waals surface area contributed by atoms with Crippen molar-refractivity contribution < 1.29 is 21.6 Å². The summed E-state index contributed by atoms with van der Waals surface area (Å²) in [4.78, 5) is 4.56. The van der Waals surface area contributed by atoms with Crippen LogP contribution in [-0.2, 0) is 10.0 Å². The molecule has 164 valence electrons. The average Bonchev–Trinajstić information content (AvgIpc) is 3.14. The highest BCUT2D eigenvalue weighted by atomic mass is 32.2. The maximum Gasteiger partial charge on any atom is 0.511 e. The normalized spacial score (nSPS) is 21.2. The second-order valence-corrected chi connectivity index (χ2v) is 9.60. The maximum absolute atomic E-state index is 12.7. The number of nitrogens with zero attached hydrogens (tertiary/aromatic N) is 2. The van der Waals surface area contributed by atoms with Gasteiger partial charge >= 0.3 is 15.5 Å². The van der Waals surface area contributed by atoms with Crippen molar-refractivity contribution in [2.75, 3.05) is 26.2 Å². The molecule has 2 aliphatic rings. The third-order valence-corrected chi connectivity index (χ3v) is 7.17. The van der Waals surface area contributed by atoms with Crippen molar-refractivity contribution in [3.05, 3.63) is 0 Å². The van der Waals surface area contributed by atoms with E-state index in [1.54, 1.807) is 0 Å². The van der Waals surface area contributed by atoms with Crippen molar-refractivity contribution in [2.45, 2.75) is 76.3 Å². The Bertz CT molecular complexity index is 596. The predicted octanol–water partition coefficient (Wildman–Crippen LogP) is 3.22. The molecule has 1 saturated carbocycles. The van der Waals surface area contributed by atoms with E-state index in [9.17, 15) is 21.6 Å². The molecule has 10 heteroatoms. The van der Waals surface area contributed by atoms with Gasteiger partial charge in [-0.25, -0.2) is 8.42 Å². The lowest BCUT2D eigenvalue weighted by Gasteiger charge is -2.32. The molecule has 0 radical (unpaired) electrons. The highest BCUT2D eigenvalue weighted by Crippen LogP contribution is 2.29. The standard InChI is InChI=1S/C18H33F3N4O2S/c1-2-22-17(23-12-6-5-9-15-7-3-4-8-15)24-16-10-13-25(14-11-16)28(26,27)18(19,20)21/h15-16H,2-14H2,1H3,(H2,22,23,24). The highest BCUT2D eigenvalue weighted by Gasteiger charge is 2.50. The molecule has 1 aliphatic carbocycles. The van der Waals surface area contributed by atoms with Gasteiger partial charge in [0.15, 0.2) is 5.96 Å². The number of piperidine rings is 1. The van der Waals surface area contributed by atoms with Gasteiger partial charge in [0.05, 0.1) is 0 Å². The largest absolute Gasteiger partial charge is 0.511 e. The van der Waals surface area contributed by atoms with Crippen LogP contribution in [0.4, 0.5) is 13.2 Å². The molecular weight excluding hydrogens is 393 g/mol. The molecule has 0 atom stereocenters. The smallest absolute Gasteiger partial charge is 0.357 e. The van der Waals surface area contributed by atoms with Gasteiger partial charge in [-0.1, -0.05) is 38.5 Å². The van der Waals surface area contributed by atoms with E-state index in [2.05, 4.69) is 15.6 Å². The molecule has 1 aliphatic heterocycles. The first-order chi connectivity index (χ1) is 13.2. The Balaban J connectivity index is 1.74. The summed E-state index contributed by atoms with van der Waals surface area (Å²) >= 11 is 0. The minimum atomic E-state index is -5.23. The van der Waals surface area contributed by atoms with E-state index in [1.807, 2.05) is 6.92 Å². The van der Waals surface area contributed by atoms with Crippen molar-refractivity contribution in [2.24, 2.45) is 10.9 Å². The van der Waals surface area contributed by atoms with Crippen molar-refractivity contribution in [3.8, 4) is 0 Å². The summed E-state index contributed by atoms with van der Waals surface area (Å²) in [7, 11) is -5.23. The summed E-state index contributed by atoms with van der Waals surface area (Å²) in [6.07, 6.45) is 9.54. The van der Waals surface area contributed by atoms with Crippen LogP contribution < -0.4 is 10.6 Å². The van der Waals surface area contributed by atoms with Gasteiger partial charge in [0.1, 0.15) is 0 Å². The number of aliphatic imine (C=N–C) groups is 1. The first-order valence-electron chi connectivity index (χ1n) is 10.3. The predicted molar refractivity (Wildman–Crippen MR) is 104 cm³/mol. The van der Waals surface area contributed by atoms with Crippen LogP contribution in [0.5, 0.6) is 0 Å². The van der Waals surface area contributed by atoms with Crippen molar-refractivity contribution in [3.63, 3.8) is 0 Å². The second-order valence-electron chi connectivity index (χ2n) is 7.68. The first-order valence-corrected chi connectivity index (χ1v) is 11.8. The molecule has 0 aromatic carbocycles. The van der Waals surface area contributed by atoms with Crippen molar-refractivity contribution in [1.29, 1.82) is 0 Å². The number of guanidine groups is 1. The summed E-state index contributed by atoms with van der Waals surface area (Å²) in [6.45, 7) is 3.08. The SMILES string of the molecule is CCNC(=NCCCCC1CCCC1)NC1CCN(S(=O)(=O)C(F)(F)F)CC1. The Morgan fingerprint density at radius 3 is 2.32 bits per heavy atom. The summed E-state index contributed by atoms with van der Waals surface area (Å²) in [5, 5.41) is 6.39. The zero-order valence-corrected chi connectivity index (χ0v) is 17.4. The molecule has 0 spiro atoms. The topological polar surface area (TPSA) is 73.8 Å². The van der Waals surface area contributed by atoms with Gasteiger partial charge in [0.2, 0.25) is 0 Å². The lowest BCUT2D eigenvalue weighted by atomic mass is 10.0. The summed E-state index contributed by atoms with van der Waals surface area (Å²) < 4.78 is 61.4. The molecule has 6 nitrogen and oxygen atoms in total. The Morgan fingerprint density at radius 1 is 1.11 bits per heavy atom. The Morgan fingerprint density at radius 2 is 1.75 bits per heavy atom. The van der Waals surface area contributed by atoms with Gasteiger partial charge in [0.25, 0.3) is 0 Å². The van der Waals surface area contributed by atoms with E-state index in [-0.39, 0.29) is 19.1 Å². The van der Waals surface area contributed by atoms with E-state index >= 15 is 0 Å². The van der Waals surface area contributed by atoms with E-state index < -0.39 is 15.5 Å². The minimum Gasteiger partial charge on any atom is -0.357 e. The van der Waals surface area contributed by atoms with Crippen LogP contribution in [0.1, 0.15) is 64.7 Å². The van der Waals surface area contributed by atoms with Gasteiger partial charge in [-0.15, -0.1) is 0 Å². The number of hydrogen-bond donors (Lipinski definition) is 2. The Labute approximate surface area is 166 Å². The van der Waals surface area contributed by atoms with Gasteiger partial charge in [-0.3, -0.25) is 4.99 Å². The molecule has 0 amide bonds. The van der Waals surface area contributed by atoms with Gasteiger partial charge in [0, 0.05) is 32.2 Å². The Hall–Kier alpha value is -1.03. The molecule has 28 heavy (non-hydrogen) atoms. The monoisotopic (exact) mass is 426 g/mol. The molecule has 2 N–H and O–H groups in total. The third-order valence-electron chi connectivity index (χ3n) is 5.54. The van der Waals surface area contributed by atoms with Crippen LogP contribution in [0.15, 0.2) is 4.99 Å². The van der Waals surface area contributed by atoms with Crippen LogP contribution in [-0.4, -0.2) is 56.4 Å². The van der Waals surface area contributed by atoms with Crippen molar-refractivity contribution in [1.82, 2.24) is 14.9 Å². The quantitative estimate of drug-likeness (QED) is 0.355. The van der Waals surface area contributed by atoms with Gasteiger partial charge in [-0.2, -0.15) is 17.5 Å². The second kappa shape index (κ2) is 10.7. The number of halogens is 3. The minimum absolute atomic E-state index is 0.0871. The lowest BCUT2D eigenvalue weighted by Crippen LogP contribution is -2.51. The zero-order chi connectivity index (χ0) is 20.6. The van der Waals surface area contributed by atoms with Crippen LogP contribution in [0.25, 0.3) is 0 Å². The summed E-state index contributed by atoms with van der Waals surface area (Å²) in [6, 6.07) is -0.0871. The number of nitrogens with one attached hydrogen (secondary N) is 2. The molecule has 0 bridgehead atoms. The van der Waals surface area contributed by atoms with Gasteiger partial charge < -0.3 is 10.6 Å². The molecule has 2 rings (SSSR count). The fourth-order valence-corrected chi connectivity index (χ4v) is 4.92. The molecular formula is C18H33F3N4O2S. The first kappa shape index (κ1) is 23.3. The number of sulfonamides is 1. The van der Waals surface area contributed by atoms with E-state index in [0.717, 1.165) is 12.3 Å². The van der Waals surface area contributed by atoms with Crippen molar-refractivity contribution >= 4 is 16.0 Å². The Kier molecular flexibility index (Phi) is 8.85. The molecule has 0 aromatic heterocycles. The molecule has 2 fully saturated rings. The average molecular weight is 427 g/mol. The third kappa shape index (κ3) is 6.79. The van der Waals surface area contributed by atoms with E-state index in [4.69, 9.17) is 0 Å². The molecule has 0 unspecified atom stereocenters.